The van der Waals surface area contributed by atoms with Gasteiger partial charge >= 0.3 is 5.63 Å². The van der Waals surface area contributed by atoms with Crippen LogP contribution >= 0.6 is 0 Å². The van der Waals surface area contributed by atoms with Crippen LogP contribution in [0.3, 0.4) is 0 Å². The summed E-state index contributed by atoms with van der Waals surface area (Å²) in [5.41, 5.74) is 1.90. The van der Waals surface area contributed by atoms with Gasteiger partial charge in [-0.05, 0) is 23.8 Å². The van der Waals surface area contributed by atoms with Crippen LogP contribution in [0.25, 0.3) is 11.0 Å². The van der Waals surface area contributed by atoms with E-state index in [1.54, 1.807) is 27.4 Å². The van der Waals surface area contributed by atoms with E-state index in [1.165, 1.54) is 6.07 Å². The van der Waals surface area contributed by atoms with Crippen molar-refractivity contribution in [1.82, 2.24) is 0 Å². The van der Waals surface area contributed by atoms with Crippen LogP contribution in [0.5, 0.6) is 28.7 Å². The molecule has 6 rings (SSSR count). The van der Waals surface area contributed by atoms with Crippen LogP contribution in [-0.4, -0.2) is 40.8 Å². The number of benzene rings is 2. The molecule has 2 aliphatic heterocycles. The Morgan fingerprint density at radius 3 is 2.56 bits per heavy atom. The molecule has 1 aromatic heterocycles. The molecular formula is C24H22O8. The molecule has 0 N–H and O–H groups in total. The number of hydrogen-bond donors (Lipinski definition) is 0. The molecule has 8 heteroatoms. The minimum atomic E-state index is -0.464. The smallest absolute Gasteiger partial charge is 0.336 e. The fourth-order valence-corrected chi connectivity index (χ4v) is 5.47. The maximum Gasteiger partial charge on any atom is 0.336 e. The lowest BCUT2D eigenvalue weighted by Crippen LogP contribution is -2.50. The number of fused-ring (bicyclic) bond motifs is 5. The second-order valence-corrected chi connectivity index (χ2v) is 8.17. The largest absolute Gasteiger partial charge is 0.496 e. The monoisotopic (exact) mass is 438 g/mol. The van der Waals surface area contributed by atoms with Gasteiger partial charge in [0.05, 0.1) is 26.2 Å². The first kappa shape index (κ1) is 19.3. The third kappa shape index (κ3) is 2.50. The summed E-state index contributed by atoms with van der Waals surface area (Å²) in [6.45, 7) is 0.763. The highest BCUT2D eigenvalue weighted by molar-refractivity contribution is 5.94. The van der Waals surface area contributed by atoms with Crippen molar-refractivity contribution in [3.63, 3.8) is 0 Å². The molecule has 0 bridgehead atoms. The molecule has 1 aliphatic carbocycles. The minimum Gasteiger partial charge on any atom is -0.496 e. The second kappa shape index (κ2) is 7.06. The van der Waals surface area contributed by atoms with Crippen LogP contribution < -0.4 is 29.3 Å². The van der Waals surface area contributed by atoms with Gasteiger partial charge in [-0.25, -0.2) is 4.79 Å². The summed E-state index contributed by atoms with van der Waals surface area (Å²) in [5.74, 6) is 3.33. The van der Waals surface area contributed by atoms with Gasteiger partial charge in [-0.2, -0.15) is 0 Å². The summed E-state index contributed by atoms with van der Waals surface area (Å²) in [6, 6.07) is 9.13. The molecule has 1 saturated carbocycles. The number of methoxy groups -OCH3 is 3. The summed E-state index contributed by atoms with van der Waals surface area (Å²) in [6.07, 6.45) is -0.119. The maximum atomic E-state index is 11.9. The Balaban J connectivity index is 1.55. The topological polar surface area (TPSA) is 85.6 Å². The zero-order valence-corrected chi connectivity index (χ0v) is 17.9. The molecule has 4 atom stereocenters. The van der Waals surface area contributed by atoms with Gasteiger partial charge < -0.3 is 32.8 Å². The van der Waals surface area contributed by atoms with E-state index in [9.17, 15) is 4.79 Å². The Hall–Kier alpha value is -3.39. The van der Waals surface area contributed by atoms with Crippen molar-refractivity contribution in [3.8, 4) is 28.7 Å². The molecule has 2 aromatic carbocycles. The summed E-state index contributed by atoms with van der Waals surface area (Å²) in [5, 5.41) is 0.673. The molecule has 8 nitrogen and oxygen atoms in total. The summed E-state index contributed by atoms with van der Waals surface area (Å²) in [7, 11) is 4.84. The second-order valence-electron chi connectivity index (χ2n) is 8.17. The van der Waals surface area contributed by atoms with E-state index in [4.69, 9.17) is 32.8 Å². The molecular weight excluding hydrogens is 416 g/mol. The predicted octanol–water partition coefficient (Wildman–Crippen LogP) is 3.44. The van der Waals surface area contributed by atoms with Crippen molar-refractivity contribution in [1.29, 1.82) is 0 Å². The van der Waals surface area contributed by atoms with Crippen LogP contribution in [0.2, 0.25) is 0 Å². The van der Waals surface area contributed by atoms with Gasteiger partial charge in [-0.15, -0.1) is 0 Å². The standard InChI is InChI=1S/C24H22O8/c1-26-9-13-17(11-4-6-14-15(8-11)30-10-29-14)18-19-20(27-2)12-5-7-16(25)31-22(12)24(28-3)23(19)32-21(13)18/h4-8,13,17-18,21H,9-10H2,1-3H3/t13-,17-,18+,21+/m1/s1. The molecule has 0 amide bonds. The van der Waals surface area contributed by atoms with E-state index in [1.807, 2.05) is 12.1 Å². The third-order valence-corrected chi connectivity index (χ3v) is 6.74. The Kier molecular flexibility index (Phi) is 4.26. The highest BCUT2D eigenvalue weighted by Crippen LogP contribution is 2.66. The van der Waals surface area contributed by atoms with Crippen molar-refractivity contribution in [2.75, 3.05) is 34.7 Å². The molecule has 0 saturated heterocycles. The van der Waals surface area contributed by atoms with E-state index in [0.29, 0.717) is 34.8 Å². The lowest BCUT2D eigenvalue weighted by molar-refractivity contribution is -0.0258. The normalized spacial score (nSPS) is 24.5. The quantitative estimate of drug-likeness (QED) is 0.560. The highest BCUT2D eigenvalue weighted by atomic mass is 16.7. The molecule has 1 fully saturated rings. The van der Waals surface area contributed by atoms with Gasteiger partial charge in [0.2, 0.25) is 12.5 Å². The van der Waals surface area contributed by atoms with E-state index in [0.717, 1.165) is 22.6 Å². The van der Waals surface area contributed by atoms with Crippen molar-refractivity contribution in [2.45, 2.75) is 17.9 Å². The number of hydrogen-bond acceptors (Lipinski definition) is 8. The first-order valence-corrected chi connectivity index (χ1v) is 10.4. The van der Waals surface area contributed by atoms with E-state index in [2.05, 4.69) is 6.07 Å². The average molecular weight is 438 g/mol. The SMILES string of the molecule is COC[C@H]1[C@@H]2Oc3c(c(OC)c4ccc(=O)oc4c3OC)[C@@H]2[C@@H]1c1ccc2c(c1)OCO2. The van der Waals surface area contributed by atoms with Crippen LogP contribution in [0, 0.1) is 5.92 Å². The van der Waals surface area contributed by atoms with Crippen molar-refractivity contribution in [3.05, 3.63) is 51.9 Å². The van der Waals surface area contributed by atoms with Gasteiger partial charge in [0.1, 0.15) is 11.9 Å². The molecule has 166 valence electrons. The first-order valence-electron chi connectivity index (χ1n) is 10.4. The lowest BCUT2D eigenvalue weighted by atomic mass is 9.58. The number of rotatable bonds is 5. The third-order valence-electron chi connectivity index (χ3n) is 6.74. The zero-order valence-electron chi connectivity index (χ0n) is 17.9. The van der Waals surface area contributed by atoms with Gasteiger partial charge in [-0.3, -0.25) is 0 Å². The minimum absolute atomic E-state index is 0.0192. The van der Waals surface area contributed by atoms with Crippen molar-refractivity contribution in [2.24, 2.45) is 5.92 Å². The first-order chi connectivity index (χ1) is 15.7. The molecule has 3 aliphatic rings. The maximum absolute atomic E-state index is 11.9. The van der Waals surface area contributed by atoms with Crippen LogP contribution in [0.1, 0.15) is 23.0 Å². The molecule has 3 aromatic rings. The predicted molar refractivity (Wildman–Crippen MR) is 113 cm³/mol. The Morgan fingerprint density at radius 1 is 0.969 bits per heavy atom. The fourth-order valence-electron chi connectivity index (χ4n) is 5.47. The molecule has 0 radical (unpaired) electrons. The molecule has 0 spiro atoms. The molecule has 3 heterocycles. The van der Waals surface area contributed by atoms with Crippen LogP contribution in [0.15, 0.2) is 39.5 Å². The highest BCUT2D eigenvalue weighted by Gasteiger charge is 2.60. The summed E-state index contributed by atoms with van der Waals surface area (Å²) < 4.78 is 40.1. The van der Waals surface area contributed by atoms with Crippen molar-refractivity contribution < 1.29 is 32.8 Å². The van der Waals surface area contributed by atoms with Crippen LogP contribution in [-0.2, 0) is 4.74 Å². The summed E-state index contributed by atoms with van der Waals surface area (Å²) in [4.78, 5) is 11.9. The molecule has 32 heavy (non-hydrogen) atoms. The Labute approximate surface area is 183 Å². The Morgan fingerprint density at radius 2 is 1.78 bits per heavy atom. The van der Waals surface area contributed by atoms with E-state index >= 15 is 0 Å². The van der Waals surface area contributed by atoms with E-state index in [-0.39, 0.29) is 30.7 Å². The fraction of sp³-hybridized carbons (Fsp3) is 0.375. The van der Waals surface area contributed by atoms with Gasteiger partial charge in [0.25, 0.3) is 0 Å². The zero-order chi connectivity index (χ0) is 22.0. The van der Waals surface area contributed by atoms with E-state index < -0.39 is 5.63 Å². The lowest BCUT2D eigenvalue weighted by Gasteiger charge is -2.47. The van der Waals surface area contributed by atoms with Crippen molar-refractivity contribution >= 4 is 11.0 Å². The molecule has 0 unspecified atom stereocenters. The Bertz CT molecular complexity index is 1280. The van der Waals surface area contributed by atoms with Crippen LogP contribution in [0.4, 0.5) is 0 Å². The van der Waals surface area contributed by atoms with Gasteiger partial charge in [0.15, 0.2) is 22.8 Å². The average Bonchev–Trinajstić information content (AvgIpc) is 3.39. The van der Waals surface area contributed by atoms with Gasteiger partial charge in [0, 0.05) is 36.5 Å². The number of ether oxygens (including phenoxy) is 6. The van der Waals surface area contributed by atoms with Gasteiger partial charge in [-0.1, -0.05) is 6.07 Å². The summed E-state index contributed by atoms with van der Waals surface area (Å²) >= 11 is 0.